The average Bonchev–Trinajstić information content (AvgIpc) is 3.52. The SMILES string of the molecule is Fc1cc(-c2nnc(C(F)F)o2)ccc1Cn1cc(-c2cccc(N3CCOCC3)c2)nn1. The molecule has 0 spiro atoms. The molecule has 33 heavy (non-hydrogen) atoms. The molecule has 1 saturated heterocycles. The van der Waals surface area contributed by atoms with Crippen LogP contribution in [0.2, 0.25) is 0 Å². The summed E-state index contributed by atoms with van der Waals surface area (Å²) >= 11 is 0. The molecular weight excluding hydrogens is 437 g/mol. The summed E-state index contributed by atoms with van der Waals surface area (Å²) in [5.41, 5.74) is 3.24. The summed E-state index contributed by atoms with van der Waals surface area (Å²) in [6.07, 6.45) is -1.13. The maximum Gasteiger partial charge on any atom is 0.314 e. The number of hydrogen-bond donors (Lipinski definition) is 0. The van der Waals surface area contributed by atoms with E-state index in [0.717, 1.165) is 24.3 Å². The highest BCUT2D eigenvalue weighted by Crippen LogP contribution is 2.26. The molecule has 1 fully saturated rings. The van der Waals surface area contributed by atoms with Crippen molar-refractivity contribution in [2.45, 2.75) is 13.0 Å². The van der Waals surface area contributed by atoms with Crippen LogP contribution < -0.4 is 4.90 Å². The number of aromatic nitrogens is 5. The van der Waals surface area contributed by atoms with E-state index in [-0.39, 0.29) is 18.0 Å². The molecule has 3 heterocycles. The van der Waals surface area contributed by atoms with Crippen LogP contribution in [0, 0.1) is 5.82 Å². The van der Waals surface area contributed by atoms with Crippen molar-refractivity contribution in [3.05, 3.63) is 65.9 Å². The van der Waals surface area contributed by atoms with E-state index in [1.54, 1.807) is 6.20 Å². The number of anilines is 1. The predicted molar refractivity (Wildman–Crippen MR) is 112 cm³/mol. The van der Waals surface area contributed by atoms with E-state index in [2.05, 4.69) is 25.4 Å². The van der Waals surface area contributed by atoms with Gasteiger partial charge in [-0.25, -0.2) is 9.07 Å². The van der Waals surface area contributed by atoms with E-state index in [1.165, 1.54) is 22.9 Å². The average molecular weight is 456 g/mol. The maximum absolute atomic E-state index is 14.7. The second-order valence-electron chi connectivity index (χ2n) is 7.50. The molecule has 0 radical (unpaired) electrons. The Labute approximate surface area is 186 Å². The first-order valence-electron chi connectivity index (χ1n) is 10.3. The highest BCUT2D eigenvalue weighted by Gasteiger charge is 2.18. The van der Waals surface area contributed by atoms with Gasteiger partial charge in [0.2, 0.25) is 5.89 Å². The van der Waals surface area contributed by atoms with Gasteiger partial charge in [0.05, 0.1) is 26.0 Å². The fraction of sp³-hybridized carbons (Fsp3) is 0.273. The van der Waals surface area contributed by atoms with Crippen molar-refractivity contribution in [1.29, 1.82) is 0 Å². The van der Waals surface area contributed by atoms with E-state index >= 15 is 0 Å². The Balaban J connectivity index is 1.32. The van der Waals surface area contributed by atoms with Gasteiger partial charge < -0.3 is 14.1 Å². The Morgan fingerprint density at radius 1 is 0.970 bits per heavy atom. The van der Waals surface area contributed by atoms with Crippen molar-refractivity contribution in [3.63, 3.8) is 0 Å². The van der Waals surface area contributed by atoms with Crippen molar-refractivity contribution in [1.82, 2.24) is 25.2 Å². The lowest BCUT2D eigenvalue weighted by molar-refractivity contribution is 0.116. The monoisotopic (exact) mass is 456 g/mol. The van der Waals surface area contributed by atoms with Crippen LogP contribution in [0.3, 0.4) is 0 Å². The van der Waals surface area contributed by atoms with E-state index < -0.39 is 18.1 Å². The third kappa shape index (κ3) is 4.58. The van der Waals surface area contributed by atoms with Crippen molar-refractivity contribution in [3.8, 4) is 22.7 Å². The Morgan fingerprint density at radius 3 is 2.58 bits per heavy atom. The van der Waals surface area contributed by atoms with Crippen LogP contribution in [0.1, 0.15) is 17.9 Å². The minimum atomic E-state index is -2.88. The first-order chi connectivity index (χ1) is 16.1. The highest BCUT2D eigenvalue weighted by molar-refractivity contribution is 5.65. The van der Waals surface area contributed by atoms with Gasteiger partial charge in [-0.1, -0.05) is 23.4 Å². The van der Waals surface area contributed by atoms with Crippen molar-refractivity contribution in [2.75, 3.05) is 31.2 Å². The third-order valence-electron chi connectivity index (χ3n) is 5.32. The van der Waals surface area contributed by atoms with Crippen LogP contribution >= 0.6 is 0 Å². The smallest absolute Gasteiger partial charge is 0.314 e. The normalized spacial score (nSPS) is 14.2. The number of nitrogens with zero attached hydrogens (tertiary/aromatic N) is 6. The minimum absolute atomic E-state index is 0.147. The van der Waals surface area contributed by atoms with Crippen LogP contribution in [-0.2, 0) is 11.3 Å². The molecule has 1 aliphatic rings. The topological polar surface area (TPSA) is 82.1 Å². The fourth-order valence-electron chi connectivity index (χ4n) is 3.61. The Morgan fingerprint density at radius 2 is 1.82 bits per heavy atom. The molecule has 0 aliphatic carbocycles. The van der Waals surface area contributed by atoms with Gasteiger partial charge in [0, 0.05) is 35.5 Å². The molecule has 0 atom stereocenters. The molecule has 0 amide bonds. The number of ether oxygens (including phenoxy) is 1. The van der Waals surface area contributed by atoms with Gasteiger partial charge in [-0.05, 0) is 24.3 Å². The molecule has 8 nitrogen and oxygen atoms in total. The number of alkyl halides is 2. The zero-order valence-electron chi connectivity index (χ0n) is 17.4. The molecule has 1 aliphatic heterocycles. The summed E-state index contributed by atoms with van der Waals surface area (Å²) in [6.45, 7) is 3.21. The van der Waals surface area contributed by atoms with Gasteiger partial charge in [-0.15, -0.1) is 15.3 Å². The standard InChI is InChI=1S/C22H19F3N6O2/c23-18-11-15(21-27-28-22(33-21)20(24)25)4-5-16(18)12-31-13-19(26-29-31)14-2-1-3-17(10-14)30-6-8-32-9-7-30/h1-5,10-11,13,20H,6-9,12H2. The lowest BCUT2D eigenvalue weighted by atomic mass is 10.1. The molecule has 4 aromatic rings. The van der Waals surface area contributed by atoms with Gasteiger partial charge in [0.1, 0.15) is 11.5 Å². The Kier molecular flexibility index (Phi) is 5.78. The maximum atomic E-state index is 14.7. The first kappa shape index (κ1) is 21.1. The molecule has 170 valence electrons. The molecule has 0 N–H and O–H groups in total. The van der Waals surface area contributed by atoms with Crippen LogP contribution in [0.5, 0.6) is 0 Å². The van der Waals surface area contributed by atoms with Crippen LogP contribution in [0.25, 0.3) is 22.7 Å². The second kappa shape index (κ2) is 9.02. The van der Waals surface area contributed by atoms with Gasteiger partial charge in [0.15, 0.2) is 0 Å². The molecule has 0 unspecified atom stereocenters. The highest BCUT2D eigenvalue weighted by atomic mass is 19.3. The summed E-state index contributed by atoms with van der Waals surface area (Å²) in [4.78, 5) is 2.25. The Hall–Kier alpha value is -3.73. The fourth-order valence-corrected chi connectivity index (χ4v) is 3.61. The summed E-state index contributed by atoms with van der Waals surface area (Å²) in [6, 6.07) is 12.2. The van der Waals surface area contributed by atoms with E-state index in [0.29, 0.717) is 24.5 Å². The van der Waals surface area contributed by atoms with E-state index in [9.17, 15) is 13.2 Å². The zero-order valence-corrected chi connectivity index (χ0v) is 17.4. The van der Waals surface area contributed by atoms with Crippen molar-refractivity contribution >= 4 is 5.69 Å². The zero-order chi connectivity index (χ0) is 22.8. The number of benzene rings is 2. The van der Waals surface area contributed by atoms with Crippen molar-refractivity contribution in [2.24, 2.45) is 0 Å². The van der Waals surface area contributed by atoms with Crippen molar-refractivity contribution < 1.29 is 22.3 Å². The van der Waals surface area contributed by atoms with Gasteiger partial charge in [-0.2, -0.15) is 8.78 Å². The lowest BCUT2D eigenvalue weighted by Gasteiger charge is -2.29. The molecule has 2 aromatic carbocycles. The summed E-state index contributed by atoms with van der Waals surface area (Å²) in [5.74, 6) is -1.52. The molecule has 5 rings (SSSR count). The second-order valence-corrected chi connectivity index (χ2v) is 7.50. The van der Waals surface area contributed by atoms with Gasteiger partial charge in [0.25, 0.3) is 5.89 Å². The molecule has 2 aromatic heterocycles. The molecular formula is C22H19F3N6O2. The lowest BCUT2D eigenvalue weighted by Crippen LogP contribution is -2.36. The van der Waals surface area contributed by atoms with Gasteiger partial charge in [-0.3, -0.25) is 0 Å². The first-order valence-corrected chi connectivity index (χ1v) is 10.3. The third-order valence-corrected chi connectivity index (χ3v) is 5.32. The molecule has 0 saturated carbocycles. The van der Waals surface area contributed by atoms with E-state index in [1.807, 2.05) is 24.3 Å². The quantitative estimate of drug-likeness (QED) is 0.434. The minimum Gasteiger partial charge on any atom is -0.415 e. The molecule has 0 bridgehead atoms. The number of rotatable bonds is 6. The summed E-state index contributed by atoms with van der Waals surface area (Å²) in [5, 5.41) is 15.1. The van der Waals surface area contributed by atoms with E-state index in [4.69, 9.17) is 9.15 Å². The Bertz CT molecular complexity index is 1250. The molecule has 11 heteroatoms. The number of morpholine rings is 1. The largest absolute Gasteiger partial charge is 0.415 e. The summed E-state index contributed by atoms with van der Waals surface area (Å²) < 4.78 is 51.7. The predicted octanol–water partition coefficient (Wildman–Crippen LogP) is 3.96. The van der Waals surface area contributed by atoms with Crippen LogP contribution in [0.4, 0.5) is 18.9 Å². The van der Waals surface area contributed by atoms with Gasteiger partial charge >= 0.3 is 6.43 Å². The number of halogens is 3. The van der Waals surface area contributed by atoms with Crippen LogP contribution in [0.15, 0.2) is 53.1 Å². The van der Waals surface area contributed by atoms with Crippen LogP contribution in [-0.4, -0.2) is 51.5 Å². The number of hydrogen-bond acceptors (Lipinski definition) is 7. The summed E-state index contributed by atoms with van der Waals surface area (Å²) in [7, 11) is 0.